The Labute approximate surface area is 197 Å². The van der Waals surface area contributed by atoms with Gasteiger partial charge in [0.1, 0.15) is 18.5 Å². The van der Waals surface area contributed by atoms with Gasteiger partial charge in [0.05, 0.1) is 0 Å². The Bertz CT molecular complexity index is 945. The van der Waals surface area contributed by atoms with E-state index >= 15 is 0 Å². The maximum Gasteiger partial charge on any atom is 0.410 e. The molecule has 5 nitrogen and oxygen atoms in total. The van der Waals surface area contributed by atoms with Crippen LogP contribution in [0.1, 0.15) is 49.7 Å². The van der Waals surface area contributed by atoms with E-state index in [0.29, 0.717) is 25.8 Å². The van der Waals surface area contributed by atoms with Crippen LogP contribution in [0.3, 0.4) is 0 Å². The van der Waals surface area contributed by atoms with E-state index in [2.05, 4.69) is 35.2 Å². The number of nitrogens with zero attached hydrogens (tertiary/aromatic N) is 2. The highest BCUT2D eigenvalue weighted by Gasteiger charge is 2.29. The van der Waals surface area contributed by atoms with E-state index < -0.39 is 0 Å². The van der Waals surface area contributed by atoms with Gasteiger partial charge in [-0.25, -0.2) is 4.79 Å². The molecule has 0 aromatic heterocycles. The molecule has 0 spiro atoms. The van der Waals surface area contributed by atoms with Crippen LogP contribution in [0.5, 0.6) is 5.75 Å². The fourth-order valence-electron chi connectivity index (χ4n) is 4.96. The van der Waals surface area contributed by atoms with E-state index in [0.717, 1.165) is 36.6 Å². The van der Waals surface area contributed by atoms with Gasteiger partial charge in [0.2, 0.25) is 0 Å². The van der Waals surface area contributed by atoms with E-state index in [9.17, 15) is 4.79 Å². The molecule has 1 saturated heterocycles. The van der Waals surface area contributed by atoms with Gasteiger partial charge >= 0.3 is 6.09 Å². The van der Waals surface area contributed by atoms with Gasteiger partial charge in [-0.3, -0.25) is 0 Å². The van der Waals surface area contributed by atoms with E-state index in [1.165, 1.54) is 43.5 Å². The van der Waals surface area contributed by atoms with Crippen LogP contribution in [0.25, 0.3) is 5.57 Å². The molecule has 33 heavy (non-hydrogen) atoms. The van der Waals surface area contributed by atoms with Crippen LogP contribution in [0, 0.1) is 0 Å². The van der Waals surface area contributed by atoms with Crippen LogP contribution in [0.2, 0.25) is 0 Å². The lowest BCUT2D eigenvalue weighted by atomic mass is 9.90. The number of carbonyl (C=O) groups excluding carboxylic acids is 1. The molecule has 5 heteroatoms. The number of hydrogen-bond donors (Lipinski definition) is 0. The van der Waals surface area contributed by atoms with Crippen LogP contribution in [-0.2, 0) is 11.3 Å². The Balaban J connectivity index is 1.08. The first kappa shape index (κ1) is 22.0. The quantitative estimate of drug-likeness (QED) is 0.587. The average Bonchev–Trinajstić information content (AvgIpc) is 2.84. The standard InChI is InChI=1S/C28H34N2O3/c31-28(32-21-22-5-2-1-3-6-22)30-17-13-24(14-18-30)23-9-11-26(12-10-23)33-27-15-19-29(20-16-27)25-7-4-8-25/h1-3,5-6,9-13,25,27H,4,7-8,14-21H2. The summed E-state index contributed by atoms with van der Waals surface area (Å²) in [6.45, 7) is 3.92. The van der Waals surface area contributed by atoms with Gasteiger partial charge in [-0.05, 0) is 60.9 Å². The zero-order chi connectivity index (χ0) is 22.5. The van der Waals surface area contributed by atoms with Gasteiger partial charge in [-0.2, -0.15) is 0 Å². The summed E-state index contributed by atoms with van der Waals surface area (Å²) >= 11 is 0. The molecular weight excluding hydrogens is 412 g/mol. The fourth-order valence-corrected chi connectivity index (χ4v) is 4.96. The highest BCUT2D eigenvalue weighted by molar-refractivity contribution is 5.72. The number of piperidine rings is 1. The van der Waals surface area contributed by atoms with Crippen molar-refractivity contribution < 1.29 is 14.3 Å². The number of carbonyl (C=O) groups is 1. The molecule has 174 valence electrons. The highest BCUT2D eigenvalue weighted by atomic mass is 16.6. The van der Waals surface area contributed by atoms with Crippen LogP contribution in [0.15, 0.2) is 60.7 Å². The summed E-state index contributed by atoms with van der Waals surface area (Å²) in [7, 11) is 0. The van der Waals surface area contributed by atoms with Crippen molar-refractivity contribution in [3.8, 4) is 5.75 Å². The summed E-state index contributed by atoms with van der Waals surface area (Å²) in [6.07, 6.45) is 9.47. The van der Waals surface area contributed by atoms with Crippen LogP contribution < -0.4 is 4.74 Å². The molecule has 2 aliphatic heterocycles. The van der Waals surface area contributed by atoms with Crippen LogP contribution >= 0.6 is 0 Å². The minimum Gasteiger partial charge on any atom is -0.490 e. The zero-order valence-corrected chi connectivity index (χ0v) is 19.3. The van der Waals surface area contributed by atoms with Crippen LogP contribution in [-0.4, -0.2) is 54.2 Å². The molecule has 0 atom stereocenters. The number of ether oxygens (including phenoxy) is 2. The van der Waals surface area contributed by atoms with E-state index in [1.807, 2.05) is 30.3 Å². The molecule has 0 radical (unpaired) electrons. The van der Waals surface area contributed by atoms with Crippen molar-refractivity contribution in [3.05, 3.63) is 71.8 Å². The summed E-state index contributed by atoms with van der Waals surface area (Å²) in [5.41, 5.74) is 3.49. The summed E-state index contributed by atoms with van der Waals surface area (Å²) in [4.78, 5) is 16.8. The first-order valence-corrected chi connectivity index (χ1v) is 12.4. The van der Waals surface area contributed by atoms with Crippen molar-refractivity contribution in [3.63, 3.8) is 0 Å². The summed E-state index contributed by atoms with van der Waals surface area (Å²) in [5.74, 6) is 0.961. The Morgan fingerprint density at radius 3 is 2.30 bits per heavy atom. The molecule has 3 aliphatic rings. The third-order valence-corrected chi connectivity index (χ3v) is 7.27. The highest BCUT2D eigenvalue weighted by Crippen LogP contribution is 2.29. The molecule has 1 saturated carbocycles. The SMILES string of the molecule is O=C(OCc1ccccc1)N1CC=C(c2ccc(OC3CCN(C4CCC4)CC3)cc2)CC1. The Hall–Kier alpha value is -2.79. The predicted molar refractivity (Wildman–Crippen MR) is 130 cm³/mol. The van der Waals surface area contributed by atoms with E-state index in [4.69, 9.17) is 9.47 Å². The molecule has 0 unspecified atom stereocenters. The molecule has 1 amide bonds. The summed E-state index contributed by atoms with van der Waals surface area (Å²) < 4.78 is 11.7. The normalized spacial score (nSPS) is 20.1. The molecule has 2 fully saturated rings. The monoisotopic (exact) mass is 446 g/mol. The number of benzene rings is 2. The van der Waals surface area contributed by atoms with Gasteiger partial charge in [-0.1, -0.05) is 55.0 Å². The number of rotatable bonds is 6. The van der Waals surface area contributed by atoms with Crippen LogP contribution in [0.4, 0.5) is 4.79 Å². The largest absolute Gasteiger partial charge is 0.490 e. The molecule has 0 bridgehead atoms. The average molecular weight is 447 g/mol. The van der Waals surface area contributed by atoms with Gasteiger partial charge in [0.25, 0.3) is 0 Å². The topological polar surface area (TPSA) is 42.0 Å². The van der Waals surface area contributed by atoms with Crippen molar-refractivity contribution in [2.45, 2.75) is 57.3 Å². The first-order chi connectivity index (χ1) is 16.2. The Kier molecular flexibility index (Phi) is 6.96. The molecule has 2 aromatic rings. The second-order valence-corrected chi connectivity index (χ2v) is 9.43. The Morgan fingerprint density at radius 1 is 0.909 bits per heavy atom. The summed E-state index contributed by atoms with van der Waals surface area (Å²) in [5, 5.41) is 0. The summed E-state index contributed by atoms with van der Waals surface area (Å²) in [6, 6.07) is 19.1. The molecule has 0 N–H and O–H groups in total. The first-order valence-electron chi connectivity index (χ1n) is 12.4. The third-order valence-electron chi connectivity index (χ3n) is 7.27. The number of likely N-dealkylation sites (tertiary alicyclic amines) is 1. The molecule has 2 heterocycles. The van der Waals surface area contributed by atoms with Gasteiger partial charge in [-0.15, -0.1) is 0 Å². The lowest BCUT2D eigenvalue weighted by Crippen LogP contribution is -2.46. The smallest absolute Gasteiger partial charge is 0.410 e. The van der Waals surface area contributed by atoms with Crippen molar-refractivity contribution in [2.24, 2.45) is 0 Å². The predicted octanol–water partition coefficient (Wildman–Crippen LogP) is 5.51. The minimum atomic E-state index is -0.249. The van der Waals surface area contributed by atoms with E-state index in [1.54, 1.807) is 4.90 Å². The van der Waals surface area contributed by atoms with Crippen molar-refractivity contribution in [2.75, 3.05) is 26.2 Å². The molecule has 1 aliphatic carbocycles. The van der Waals surface area contributed by atoms with Gasteiger partial charge in [0.15, 0.2) is 0 Å². The fraction of sp³-hybridized carbons (Fsp3) is 0.464. The van der Waals surface area contributed by atoms with E-state index in [-0.39, 0.29) is 6.09 Å². The van der Waals surface area contributed by atoms with Gasteiger partial charge < -0.3 is 19.3 Å². The van der Waals surface area contributed by atoms with Gasteiger partial charge in [0, 0.05) is 32.2 Å². The lowest BCUT2D eigenvalue weighted by molar-refractivity contribution is 0.0493. The zero-order valence-electron chi connectivity index (χ0n) is 19.3. The molecule has 2 aromatic carbocycles. The molecule has 5 rings (SSSR count). The Morgan fingerprint density at radius 2 is 1.67 bits per heavy atom. The van der Waals surface area contributed by atoms with Crippen molar-refractivity contribution >= 4 is 11.7 Å². The van der Waals surface area contributed by atoms with Crippen molar-refractivity contribution in [1.29, 1.82) is 0 Å². The minimum absolute atomic E-state index is 0.249. The molecular formula is C28H34N2O3. The number of hydrogen-bond acceptors (Lipinski definition) is 4. The third kappa shape index (κ3) is 5.59. The maximum atomic E-state index is 12.4. The number of amides is 1. The maximum absolute atomic E-state index is 12.4. The van der Waals surface area contributed by atoms with Crippen molar-refractivity contribution in [1.82, 2.24) is 9.80 Å². The second-order valence-electron chi connectivity index (χ2n) is 9.43. The lowest BCUT2D eigenvalue weighted by Gasteiger charge is -2.41. The second kappa shape index (κ2) is 10.4.